The topological polar surface area (TPSA) is 68.6 Å². The van der Waals surface area contributed by atoms with Gasteiger partial charge in [-0.3, -0.25) is 9.59 Å². The van der Waals surface area contributed by atoms with E-state index in [1.165, 1.54) is 7.11 Å². The van der Waals surface area contributed by atoms with E-state index in [1.807, 2.05) is 39.8 Å². The van der Waals surface area contributed by atoms with Gasteiger partial charge in [-0.15, -0.1) is 0 Å². The van der Waals surface area contributed by atoms with Crippen molar-refractivity contribution in [3.63, 3.8) is 0 Å². The van der Waals surface area contributed by atoms with E-state index in [9.17, 15) is 14.4 Å². The van der Waals surface area contributed by atoms with Gasteiger partial charge in [0.2, 0.25) is 0 Å². The molecule has 0 unspecified atom stereocenters. The third-order valence-corrected chi connectivity index (χ3v) is 5.15. The number of ketones is 1. The molecule has 0 aliphatic carbocycles. The summed E-state index contributed by atoms with van der Waals surface area (Å²) in [6.07, 6.45) is 0.742. The Morgan fingerprint density at radius 2 is 1.66 bits per heavy atom. The first kappa shape index (κ1) is 22.4. The van der Waals surface area contributed by atoms with E-state index in [1.54, 1.807) is 28.5 Å². The van der Waals surface area contributed by atoms with Crippen molar-refractivity contribution >= 4 is 17.7 Å². The van der Waals surface area contributed by atoms with E-state index >= 15 is 0 Å². The normalized spacial score (nSPS) is 10.7. The lowest BCUT2D eigenvalue weighted by Crippen LogP contribution is -2.36. The van der Waals surface area contributed by atoms with Crippen molar-refractivity contribution in [2.24, 2.45) is 0 Å². The molecule has 29 heavy (non-hydrogen) atoms. The van der Waals surface area contributed by atoms with Crippen LogP contribution >= 0.6 is 0 Å². The number of amides is 1. The first-order valence-corrected chi connectivity index (χ1v) is 9.93. The molecule has 2 aromatic rings. The maximum atomic E-state index is 13.2. The number of carbonyl (C=O) groups is 3. The molecule has 1 amide bonds. The Morgan fingerprint density at radius 1 is 1.03 bits per heavy atom. The van der Waals surface area contributed by atoms with Gasteiger partial charge in [-0.05, 0) is 51.8 Å². The zero-order valence-corrected chi connectivity index (χ0v) is 18.2. The van der Waals surface area contributed by atoms with Crippen molar-refractivity contribution in [2.75, 3.05) is 20.2 Å². The average molecular weight is 399 g/mol. The number of ether oxygens (including phenoxy) is 1. The molecule has 1 aromatic carbocycles. The number of hydrogen-bond acceptors (Lipinski definition) is 4. The van der Waals surface area contributed by atoms with E-state index < -0.39 is 5.97 Å². The van der Waals surface area contributed by atoms with Crippen molar-refractivity contribution in [2.45, 2.75) is 47.6 Å². The molecule has 156 valence electrons. The number of Topliss-reactive ketones (excluding diaryl/α,β-unsaturated/α-hetero) is 1. The van der Waals surface area contributed by atoms with Gasteiger partial charge in [-0.2, -0.15) is 0 Å². The molecule has 0 saturated heterocycles. The lowest BCUT2D eigenvalue weighted by Gasteiger charge is -2.22. The van der Waals surface area contributed by atoms with Gasteiger partial charge in [-0.25, -0.2) is 4.79 Å². The summed E-state index contributed by atoms with van der Waals surface area (Å²) in [6.45, 7) is 10.4. The highest BCUT2D eigenvalue weighted by atomic mass is 16.5. The summed E-state index contributed by atoms with van der Waals surface area (Å²) >= 11 is 0. The Balaban J connectivity index is 2.37. The molecule has 0 bridgehead atoms. The maximum absolute atomic E-state index is 13.2. The van der Waals surface area contributed by atoms with Gasteiger partial charge in [0, 0.05) is 29.9 Å². The summed E-state index contributed by atoms with van der Waals surface area (Å²) in [6, 6.07) is 7.34. The number of benzene rings is 1. The fourth-order valence-electron chi connectivity index (χ4n) is 3.71. The summed E-state index contributed by atoms with van der Waals surface area (Å²) in [5.41, 5.74) is 3.83. The molecule has 0 saturated carbocycles. The molecule has 0 spiro atoms. The van der Waals surface area contributed by atoms with Crippen LogP contribution in [0.4, 0.5) is 0 Å². The summed E-state index contributed by atoms with van der Waals surface area (Å²) in [7, 11) is 1.33. The summed E-state index contributed by atoms with van der Waals surface area (Å²) in [5.74, 6) is -0.808. The molecule has 6 nitrogen and oxygen atoms in total. The van der Waals surface area contributed by atoms with Crippen LogP contribution in [0.15, 0.2) is 24.3 Å². The molecule has 0 radical (unpaired) electrons. The van der Waals surface area contributed by atoms with Crippen LogP contribution in [0.25, 0.3) is 0 Å². The minimum absolute atomic E-state index is 0.0312. The Bertz CT molecular complexity index is 910. The van der Waals surface area contributed by atoms with Crippen LogP contribution in [0.5, 0.6) is 0 Å². The molecule has 6 heteroatoms. The molecule has 1 heterocycles. The van der Waals surface area contributed by atoms with E-state index in [4.69, 9.17) is 4.74 Å². The number of nitrogens with zero attached hydrogens (tertiary/aromatic N) is 2. The monoisotopic (exact) mass is 398 g/mol. The minimum Gasteiger partial charge on any atom is -0.464 e. The molecule has 0 aliphatic heterocycles. The number of carbonyl (C=O) groups excluding carboxylic acids is 3. The number of methoxy groups -OCH3 is 1. The predicted octanol–water partition coefficient (Wildman–Crippen LogP) is 3.95. The fraction of sp³-hybridized carbons (Fsp3) is 0.435. The van der Waals surface area contributed by atoms with Gasteiger partial charge in [0.05, 0.1) is 13.7 Å². The highest BCUT2D eigenvalue weighted by Crippen LogP contribution is 2.24. The van der Waals surface area contributed by atoms with E-state index in [0.29, 0.717) is 35.5 Å². The molecule has 0 N–H and O–H groups in total. The van der Waals surface area contributed by atoms with Crippen molar-refractivity contribution < 1.29 is 19.1 Å². The Labute approximate surface area is 172 Å². The highest BCUT2D eigenvalue weighted by Gasteiger charge is 2.28. The molecule has 2 rings (SSSR count). The first-order valence-electron chi connectivity index (χ1n) is 9.93. The van der Waals surface area contributed by atoms with Gasteiger partial charge < -0.3 is 14.2 Å². The van der Waals surface area contributed by atoms with Crippen molar-refractivity contribution in [3.8, 4) is 0 Å². The first-order chi connectivity index (χ1) is 13.8. The summed E-state index contributed by atoms with van der Waals surface area (Å²) in [5, 5.41) is 0. The second-order valence-corrected chi connectivity index (χ2v) is 7.19. The standard InChI is InChI=1S/C23H30N2O4/c1-7-13-24(22(27)18-11-9-15(3)10-12-18)14-19(26)20-16(4)21(23(28)29-6)25(8-2)17(20)5/h9-12H,7-8,13-14H2,1-6H3. The van der Waals surface area contributed by atoms with Crippen LogP contribution in [0, 0.1) is 20.8 Å². The predicted molar refractivity (Wildman–Crippen MR) is 113 cm³/mol. The van der Waals surface area contributed by atoms with Crippen LogP contribution in [-0.2, 0) is 11.3 Å². The SMILES string of the molecule is CCCN(CC(=O)c1c(C)c(C(=O)OC)n(CC)c1C)C(=O)c1ccc(C)cc1. The fourth-order valence-corrected chi connectivity index (χ4v) is 3.71. The zero-order chi connectivity index (χ0) is 21.7. The quantitative estimate of drug-likeness (QED) is 0.499. The minimum atomic E-state index is -0.465. The lowest BCUT2D eigenvalue weighted by atomic mass is 10.0. The lowest BCUT2D eigenvalue weighted by molar-refractivity contribution is 0.0587. The summed E-state index contributed by atoms with van der Waals surface area (Å²) in [4.78, 5) is 40.0. The number of rotatable bonds is 8. The Morgan fingerprint density at radius 3 is 2.17 bits per heavy atom. The van der Waals surface area contributed by atoms with Gasteiger partial charge in [-0.1, -0.05) is 24.6 Å². The second-order valence-electron chi connectivity index (χ2n) is 7.19. The van der Waals surface area contributed by atoms with Crippen molar-refractivity contribution in [1.29, 1.82) is 0 Å². The van der Waals surface area contributed by atoms with Crippen molar-refractivity contribution in [1.82, 2.24) is 9.47 Å². The number of esters is 1. The van der Waals surface area contributed by atoms with Gasteiger partial charge in [0.25, 0.3) is 5.91 Å². The number of hydrogen-bond donors (Lipinski definition) is 0. The molecule has 0 fully saturated rings. The van der Waals surface area contributed by atoms with Gasteiger partial charge in [0.15, 0.2) is 5.78 Å². The number of aromatic nitrogens is 1. The second kappa shape index (κ2) is 9.54. The molecule has 0 aliphatic rings. The van der Waals surface area contributed by atoms with E-state index in [2.05, 4.69) is 0 Å². The molecule has 0 atom stereocenters. The third kappa shape index (κ3) is 4.58. The van der Waals surface area contributed by atoms with Crippen molar-refractivity contribution in [3.05, 3.63) is 57.9 Å². The van der Waals surface area contributed by atoms with E-state index in [-0.39, 0.29) is 18.2 Å². The molecular weight excluding hydrogens is 368 g/mol. The summed E-state index contributed by atoms with van der Waals surface area (Å²) < 4.78 is 6.69. The average Bonchev–Trinajstić information content (AvgIpc) is 2.96. The van der Waals surface area contributed by atoms with Crippen LogP contribution in [-0.4, -0.2) is 47.3 Å². The smallest absolute Gasteiger partial charge is 0.354 e. The molecule has 1 aromatic heterocycles. The highest BCUT2D eigenvalue weighted by molar-refractivity contribution is 6.06. The van der Waals surface area contributed by atoms with Gasteiger partial charge in [0.1, 0.15) is 5.69 Å². The van der Waals surface area contributed by atoms with E-state index in [0.717, 1.165) is 17.7 Å². The largest absolute Gasteiger partial charge is 0.464 e. The zero-order valence-electron chi connectivity index (χ0n) is 18.2. The Kier molecular flexibility index (Phi) is 7.37. The van der Waals surface area contributed by atoms with Crippen LogP contribution in [0.2, 0.25) is 0 Å². The van der Waals surface area contributed by atoms with Gasteiger partial charge >= 0.3 is 5.97 Å². The molecular formula is C23H30N2O4. The Hall–Kier alpha value is -2.89. The number of aryl methyl sites for hydroxylation is 1. The van der Waals surface area contributed by atoms with Crippen LogP contribution < -0.4 is 0 Å². The van der Waals surface area contributed by atoms with Crippen LogP contribution in [0.1, 0.15) is 68.3 Å². The third-order valence-electron chi connectivity index (χ3n) is 5.15. The maximum Gasteiger partial charge on any atom is 0.354 e. The van der Waals surface area contributed by atoms with Crippen LogP contribution in [0.3, 0.4) is 0 Å².